The van der Waals surface area contributed by atoms with E-state index in [0.717, 1.165) is 16.1 Å². The van der Waals surface area contributed by atoms with Gasteiger partial charge in [-0.2, -0.15) is 5.10 Å². The molecule has 0 aliphatic heterocycles. The Balaban J connectivity index is 1.72. The number of hydrogen-bond donors (Lipinski definition) is 1. The van der Waals surface area contributed by atoms with E-state index in [1.807, 2.05) is 62.4 Å². The largest absolute Gasteiger partial charge is 0.344 e. The van der Waals surface area contributed by atoms with Gasteiger partial charge in [-0.05, 0) is 32.0 Å². The molecule has 0 spiro atoms. The molecule has 0 atom stereocenters. The second-order valence-electron chi connectivity index (χ2n) is 7.16. The number of pyridine rings is 1. The Hall–Kier alpha value is -3.65. The summed E-state index contributed by atoms with van der Waals surface area (Å²) in [6.45, 7) is 4.12. The number of carbonyl (C=O) groups excluding carboxylic acids is 1. The van der Waals surface area contributed by atoms with Gasteiger partial charge in [0.25, 0.3) is 11.5 Å². The molecule has 0 aliphatic rings. The quantitative estimate of drug-likeness (QED) is 0.499. The van der Waals surface area contributed by atoms with Gasteiger partial charge >= 0.3 is 0 Å². The minimum Gasteiger partial charge on any atom is -0.344 e. The lowest BCUT2D eigenvalue weighted by Crippen LogP contribution is -2.23. The summed E-state index contributed by atoms with van der Waals surface area (Å²) < 4.78 is 1.44. The van der Waals surface area contributed by atoms with Gasteiger partial charge in [0.15, 0.2) is 5.01 Å². The van der Waals surface area contributed by atoms with E-state index in [0.29, 0.717) is 22.9 Å². The standard InChI is InChI=1S/C23H21N5O2S/c1-15(2)28-19(29)12-11-18(27-28)21-20(16-8-4-3-5-9-16)26-23(31-21)22(30)25-14-17-10-6-7-13-24-17/h3-13,15H,14H2,1-2H3,(H,25,30). The summed E-state index contributed by atoms with van der Waals surface area (Å²) in [4.78, 5) is 34.5. The normalized spacial score (nSPS) is 10.9. The number of amides is 1. The molecular weight excluding hydrogens is 410 g/mol. The van der Waals surface area contributed by atoms with Gasteiger partial charge in [-0.3, -0.25) is 14.6 Å². The molecule has 0 bridgehead atoms. The van der Waals surface area contributed by atoms with Crippen molar-refractivity contribution in [3.05, 3.63) is 87.9 Å². The molecule has 4 aromatic rings. The van der Waals surface area contributed by atoms with Crippen LogP contribution in [-0.4, -0.2) is 25.7 Å². The first kappa shape index (κ1) is 20.6. The van der Waals surface area contributed by atoms with Crippen molar-refractivity contribution in [3.63, 3.8) is 0 Å². The van der Waals surface area contributed by atoms with Gasteiger partial charge in [-0.1, -0.05) is 36.4 Å². The van der Waals surface area contributed by atoms with Crippen LogP contribution in [0.25, 0.3) is 21.8 Å². The van der Waals surface area contributed by atoms with E-state index < -0.39 is 0 Å². The first-order valence-corrected chi connectivity index (χ1v) is 10.7. The average Bonchev–Trinajstić information content (AvgIpc) is 3.24. The summed E-state index contributed by atoms with van der Waals surface area (Å²) in [7, 11) is 0. The molecule has 31 heavy (non-hydrogen) atoms. The molecule has 8 heteroatoms. The van der Waals surface area contributed by atoms with Crippen LogP contribution < -0.4 is 10.9 Å². The SMILES string of the molecule is CC(C)n1nc(-c2sc(C(=O)NCc3ccccn3)nc2-c2ccccc2)ccc1=O. The number of nitrogens with zero attached hydrogens (tertiary/aromatic N) is 4. The zero-order valence-corrected chi connectivity index (χ0v) is 18.0. The van der Waals surface area contributed by atoms with Crippen LogP contribution in [0.2, 0.25) is 0 Å². The van der Waals surface area contributed by atoms with Gasteiger partial charge in [-0.15, -0.1) is 11.3 Å². The molecule has 0 saturated carbocycles. The third-order valence-corrected chi connectivity index (χ3v) is 5.65. The topological polar surface area (TPSA) is 89.8 Å². The third-order valence-electron chi connectivity index (χ3n) is 4.57. The molecule has 156 valence electrons. The Bertz CT molecular complexity index is 1250. The Kier molecular flexibility index (Phi) is 5.99. The molecule has 1 N–H and O–H groups in total. The number of aromatic nitrogens is 4. The minimum absolute atomic E-state index is 0.0818. The maximum absolute atomic E-state index is 12.8. The van der Waals surface area contributed by atoms with E-state index in [9.17, 15) is 9.59 Å². The minimum atomic E-state index is -0.281. The van der Waals surface area contributed by atoms with E-state index in [-0.39, 0.29) is 17.5 Å². The van der Waals surface area contributed by atoms with Crippen LogP contribution >= 0.6 is 11.3 Å². The predicted octanol–water partition coefficient (Wildman–Crippen LogP) is 3.94. The maximum atomic E-state index is 12.8. The Morgan fingerprint density at radius 2 is 1.84 bits per heavy atom. The molecule has 4 rings (SSSR count). The highest BCUT2D eigenvalue weighted by Crippen LogP contribution is 2.35. The lowest BCUT2D eigenvalue weighted by atomic mass is 10.1. The van der Waals surface area contributed by atoms with Gasteiger partial charge in [0, 0.05) is 17.8 Å². The van der Waals surface area contributed by atoms with Crippen LogP contribution in [0.4, 0.5) is 0 Å². The number of rotatable bonds is 6. The highest BCUT2D eigenvalue weighted by atomic mass is 32.1. The van der Waals surface area contributed by atoms with Crippen molar-refractivity contribution in [1.82, 2.24) is 25.1 Å². The zero-order valence-electron chi connectivity index (χ0n) is 17.1. The highest BCUT2D eigenvalue weighted by molar-refractivity contribution is 7.17. The van der Waals surface area contributed by atoms with Crippen LogP contribution in [-0.2, 0) is 6.54 Å². The summed E-state index contributed by atoms with van der Waals surface area (Å²) in [6, 6.07) is 18.3. The van der Waals surface area contributed by atoms with Crippen molar-refractivity contribution in [2.75, 3.05) is 0 Å². The van der Waals surface area contributed by atoms with Crippen LogP contribution in [0.15, 0.2) is 71.7 Å². The molecule has 0 radical (unpaired) electrons. The number of nitrogens with one attached hydrogen (secondary N) is 1. The van der Waals surface area contributed by atoms with Gasteiger partial charge in [0.1, 0.15) is 5.69 Å². The second kappa shape index (κ2) is 9.01. The van der Waals surface area contributed by atoms with E-state index in [4.69, 9.17) is 0 Å². The van der Waals surface area contributed by atoms with Crippen LogP contribution in [0.5, 0.6) is 0 Å². The molecule has 3 heterocycles. The van der Waals surface area contributed by atoms with Gasteiger partial charge in [0.2, 0.25) is 0 Å². The summed E-state index contributed by atoms with van der Waals surface area (Å²) in [5, 5.41) is 7.72. The lowest BCUT2D eigenvalue weighted by molar-refractivity contribution is 0.0950. The fraction of sp³-hybridized carbons (Fsp3) is 0.174. The average molecular weight is 432 g/mol. The van der Waals surface area contributed by atoms with Crippen LogP contribution in [0.3, 0.4) is 0 Å². The smallest absolute Gasteiger partial charge is 0.280 e. The maximum Gasteiger partial charge on any atom is 0.280 e. The number of hydrogen-bond acceptors (Lipinski definition) is 6. The fourth-order valence-electron chi connectivity index (χ4n) is 3.05. The van der Waals surface area contributed by atoms with Crippen LogP contribution in [0, 0.1) is 0 Å². The summed E-state index contributed by atoms with van der Waals surface area (Å²) in [6.07, 6.45) is 1.69. The van der Waals surface area contributed by atoms with E-state index in [2.05, 4.69) is 20.4 Å². The molecule has 1 aromatic carbocycles. The Labute approximate surface area is 183 Å². The van der Waals surface area contributed by atoms with Crippen molar-refractivity contribution in [1.29, 1.82) is 0 Å². The molecule has 0 unspecified atom stereocenters. The molecule has 1 amide bonds. The van der Waals surface area contributed by atoms with Crippen molar-refractivity contribution in [3.8, 4) is 21.8 Å². The number of carbonyl (C=O) groups is 1. The van der Waals surface area contributed by atoms with E-state index >= 15 is 0 Å². The van der Waals surface area contributed by atoms with E-state index in [1.54, 1.807) is 12.3 Å². The lowest BCUT2D eigenvalue weighted by Gasteiger charge is -2.09. The van der Waals surface area contributed by atoms with Crippen LogP contribution in [0.1, 0.15) is 35.4 Å². The first-order chi connectivity index (χ1) is 15.0. The molecular formula is C23H21N5O2S. The monoisotopic (exact) mass is 431 g/mol. The fourth-order valence-corrected chi connectivity index (χ4v) is 4.02. The third kappa shape index (κ3) is 4.59. The van der Waals surface area contributed by atoms with Gasteiger partial charge in [-0.25, -0.2) is 9.67 Å². The Morgan fingerprint density at radius 1 is 1.06 bits per heavy atom. The summed E-state index contributed by atoms with van der Waals surface area (Å²) in [5.74, 6) is -0.281. The van der Waals surface area contributed by atoms with Gasteiger partial charge < -0.3 is 5.32 Å². The Morgan fingerprint density at radius 3 is 2.55 bits per heavy atom. The second-order valence-corrected chi connectivity index (χ2v) is 8.16. The first-order valence-electron chi connectivity index (χ1n) is 9.87. The van der Waals surface area contributed by atoms with Gasteiger partial charge in [0.05, 0.1) is 28.9 Å². The molecule has 7 nitrogen and oxygen atoms in total. The summed E-state index contributed by atoms with van der Waals surface area (Å²) in [5.41, 5.74) is 2.74. The highest BCUT2D eigenvalue weighted by Gasteiger charge is 2.21. The predicted molar refractivity (Wildman–Crippen MR) is 121 cm³/mol. The zero-order chi connectivity index (χ0) is 21.8. The number of benzene rings is 1. The van der Waals surface area contributed by atoms with E-state index in [1.165, 1.54) is 22.1 Å². The molecule has 0 aliphatic carbocycles. The van der Waals surface area contributed by atoms with Crippen molar-refractivity contribution in [2.45, 2.75) is 26.4 Å². The molecule has 0 fully saturated rings. The summed E-state index contributed by atoms with van der Waals surface area (Å²) >= 11 is 1.26. The number of thiazole rings is 1. The molecule has 3 aromatic heterocycles. The van der Waals surface area contributed by atoms with Crippen molar-refractivity contribution in [2.24, 2.45) is 0 Å². The molecule has 0 saturated heterocycles. The van der Waals surface area contributed by atoms with Crippen molar-refractivity contribution >= 4 is 17.2 Å². The van der Waals surface area contributed by atoms with Crippen molar-refractivity contribution < 1.29 is 4.79 Å².